The van der Waals surface area contributed by atoms with E-state index in [-0.39, 0.29) is 24.5 Å². The lowest BCUT2D eigenvalue weighted by atomic mass is 10.0. The first-order valence-electron chi connectivity index (χ1n) is 16.8. The van der Waals surface area contributed by atoms with Crippen LogP contribution in [0.4, 0.5) is 10.5 Å². The van der Waals surface area contributed by atoms with E-state index in [0.717, 1.165) is 15.9 Å². The minimum atomic E-state index is -3.15. The molecule has 0 saturated heterocycles. The standard InChI is InChI=1S/C41H42N2O8Si/c1-41(2,3)52(35-16-10-6-11-17-35,36-18-12-7-13-19-36)50-29-37(51-39(44)32-20-24-33(25-21-32)43(46)47)38(31-22-26-34(48-4)27-23-31)42-40(45)49-28-30-14-8-5-9-15-30/h5-27,37-38H,28-29H2,1-4H3,(H,42,45)/t37-,38+/m0/s1. The Morgan fingerprint density at radius 3 is 1.81 bits per heavy atom. The second-order valence-electron chi connectivity index (χ2n) is 13.2. The van der Waals surface area contributed by atoms with Crippen LogP contribution in [0.2, 0.25) is 5.04 Å². The molecule has 0 aliphatic rings. The molecule has 5 rings (SSSR count). The van der Waals surface area contributed by atoms with Crippen molar-refractivity contribution in [2.24, 2.45) is 0 Å². The molecule has 5 aromatic carbocycles. The van der Waals surface area contributed by atoms with Gasteiger partial charge in [0.15, 0.2) is 0 Å². The van der Waals surface area contributed by atoms with Crippen molar-refractivity contribution in [2.75, 3.05) is 13.7 Å². The van der Waals surface area contributed by atoms with Gasteiger partial charge < -0.3 is 24.0 Å². The molecular weight excluding hydrogens is 677 g/mol. The highest BCUT2D eigenvalue weighted by Gasteiger charge is 2.51. The molecule has 1 amide bonds. The molecule has 52 heavy (non-hydrogen) atoms. The number of hydrogen-bond donors (Lipinski definition) is 1. The summed E-state index contributed by atoms with van der Waals surface area (Å²) in [5.74, 6) is -0.152. The fraction of sp³-hybridized carbons (Fsp3) is 0.220. The summed E-state index contributed by atoms with van der Waals surface area (Å²) in [6, 6.07) is 40.6. The summed E-state index contributed by atoms with van der Waals surface area (Å²) in [6.07, 6.45) is -1.83. The lowest BCUT2D eigenvalue weighted by Gasteiger charge is -2.44. The summed E-state index contributed by atoms with van der Waals surface area (Å²) in [6.45, 7) is 6.31. The number of nitrogens with one attached hydrogen (secondary N) is 1. The van der Waals surface area contributed by atoms with Gasteiger partial charge in [-0.25, -0.2) is 9.59 Å². The van der Waals surface area contributed by atoms with Gasteiger partial charge in [-0.15, -0.1) is 0 Å². The van der Waals surface area contributed by atoms with Crippen molar-refractivity contribution in [1.82, 2.24) is 5.32 Å². The van der Waals surface area contributed by atoms with Gasteiger partial charge in [-0.3, -0.25) is 10.1 Å². The van der Waals surface area contributed by atoms with Gasteiger partial charge in [-0.05, 0) is 50.8 Å². The maximum Gasteiger partial charge on any atom is 0.408 e. The highest BCUT2D eigenvalue weighted by atomic mass is 28.4. The summed E-state index contributed by atoms with van der Waals surface area (Å²) in [5, 5.41) is 15.9. The van der Waals surface area contributed by atoms with Crippen molar-refractivity contribution in [1.29, 1.82) is 0 Å². The second-order valence-corrected chi connectivity index (χ2v) is 17.5. The van der Waals surface area contributed by atoms with Gasteiger partial charge in [-0.1, -0.05) is 124 Å². The van der Waals surface area contributed by atoms with Crippen molar-refractivity contribution in [3.63, 3.8) is 0 Å². The van der Waals surface area contributed by atoms with E-state index in [1.54, 1.807) is 31.4 Å². The van der Waals surface area contributed by atoms with E-state index in [1.165, 1.54) is 24.3 Å². The number of alkyl carbamates (subject to hydrolysis) is 1. The molecule has 0 aliphatic heterocycles. The van der Waals surface area contributed by atoms with E-state index >= 15 is 0 Å². The number of nitrogens with zero attached hydrogens (tertiary/aromatic N) is 1. The predicted octanol–water partition coefficient (Wildman–Crippen LogP) is 7.37. The lowest BCUT2D eigenvalue weighted by Crippen LogP contribution is -2.67. The molecule has 0 radical (unpaired) electrons. The van der Waals surface area contributed by atoms with Gasteiger partial charge in [-0.2, -0.15) is 0 Å². The second kappa shape index (κ2) is 17.0. The number of benzene rings is 5. The van der Waals surface area contributed by atoms with Crippen molar-refractivity contribution in [3.05, 3.63) is 166 Å². The first kappa shape index (κ1) is 37.5. The Morgan fingerprint density at radius 2 is 1.31 bits per heavy atom. The van der Waals surface area contributed by atoms with Gasteiger partial charge in [0.1, 0.15) is 18.5 Å². The van der Waals surface area contributed by atoms with Gasteiger partial charge in [0, 0.05) is 12.1 Å². The fourth-order valence-electron chi connectivity index (χ4n) is 6.19. The van der Waals surface area contributed by atoms with Crippen LogP contribution in [0.1, 0.15) is 48.3 Å². The average molecular weight is 719 g/mol. The molecule has 0 heterocycles. The van der Waals surface area contributed by atoms with Crippen LogP contribution in [0.3, 0.4) is 0 Å². The van der Waals surface area contributed by atoms with Crippen LogP contribution in [0.5, 0.6) is 5.75 Å². The molecule has 0 fully saturated rings. The van der Waals surface area contributed by atoms with Gasteiger partial charge in [0.2, 0.25) is 0 Å². The lowest BCUT2D eigenvalue weighted by molar-refractivity contribution is -0.384. The van der Waals surface area contributed by atoms with Crippen LogP contribution < -0.4 is 20.4 Å². The van der Waals surface area contributed by atoms with Crippen LogP contribution in [0, 0.1) is 10.1 Å². The fourth-order valence-corrected chi connectivity index (χ4v) is 10.8. The Balaban J connectivity index is 1.57. The first-order valence-corrected chi connectivity index (χ1v) is 18.7. The largest absolute Gasteiger partial charge is 0.497 e. The molecule has 0 unspecified atom stereocenters. The Bertz CT molecular complexity index is 1880. The normalized spacial score (nSPS) is 12.6. The van der Waals surface area contributed by atoms with Crippen LogP contribution in [-0.2, 0) is 20.5 Å². The molecule has 0 aliphatic carbocycles. The zero-order valence-corrected chi connectivity index (χ0v) is 30.6. The number of rotatable bonds is 14. The highest BCUT2D eigenvalue weighted by Crippen LogP contribution is 2.37. The van der Waals surface area contributed by atoms with Crippen LogP contribution in [0.25, 0.3) is 0 Å². The SMILES string of the molecule is COc1ccc([C@@H](NC(=O)OCc2ccccc2)[C@H](CO[Si](c2ccccc2)(c2ccccc2)C(C)(C)C)OC(=O)c2ccc([N+](=O)[O-])cc2)cc1. The minimum absolute atomic E-state index is 0.0216. The number of nitro groups is 1. The van der Waals surface area contributed by atoms with Crippen LogP contribution in [0.15, 0.2) is 140 Å². The molecule has 10 nitrogen and oxygen atoms in total. The number of amides is 1. The summed E-state index contributed by atoms with van der Waals surface area (Å²) in [4.78, 5) is 38.1. The van der Waals surface area contributed by atoms with Crippen LogP contribution >= 0.6 is 0 Å². The molecule has 0 bridgehead atoms. The van der Waals surface area contributed by atoms with E-state index < -0.39 is 42.5 Å². The molecule has 11 heteroatoms. The number of hydrogen-bond acceptors (Lipinski definition) is 8. The average Bonchev–Trinajstić information content (AvgIpc) is 3.16. The quantitative estimate of drug-likeness (QED) is 0.0546. The van der Waals surface area contributed by atoms with Crippen LogP contribution in [-0.4, -0.2) is 45.1 Å². The van der Waals surface area contributed by atoms with Gasteiger partial charge in [0.25, 0.3) is 14.0 Å². The summed E-state index contributed by atoms with van der Waals surface area (Å²) in [5.41, 5.74) is 1.34. The Hall–Kier alpha value is -5.78. The number of ether oxygens (including phenoxy) is 3. The van der Waals surface area contributed by atoms with E-state index in [4.69, 9.17) is 18.6 Å². The topological polar surface area (TPSA) is 126 Å². The Labute approximate surface area is 304 Å². The smallest absolute Gasteiger partial charge is 0.408 e. The van der Waals surface area contributed by atoms with Crippen molar-refractivity contribution in [2.45, 2.75) is 44.6 Å². The predicted molar refractivity (Wildman–Crippen MR) is 201 cm³/mol. The van der Waals surface area contributed by atoms with E-state index in [2.05, 4.69) is 50.4 Å². The molecule has 5 aromatic rings. The Morgan fingerprint density at radius 1 is 0.769 bits per heavy atom. The number of non-ortho nitro benzene ring substituents is 1. The minimum Gasteiger partial charge on any atom is -0.497 e. The van der Waals surface area contributed by atoms with E-state index in [0.29, 0.717) is 11.3 Å². The molecule has 0 aromatic heterocycles. The molecule has 268 valence electrons. The summed E-state index contributed by atoms with van der Waals surface area (Å²) in [7, 11) is -1.60. The summed E-state index contributed by atoms with van der Waals surface area (Å²) < 4.78 is 24.5. The monoisotopic (exact) mass is 718 g/mol. The zero-order chi connectivity index (χ0) is 37.1. The molecule has 0 saturated carbocycles. The summed E-state index contributed by atoms with van der Waals surface area (Å²) >= 11 is 0. The molecular formula is C41H42N2O8Si. The number of esters is 1. The number of carbonyl (C=O) groups is 2. The molecule has 1 N–H and O–H groups in total. The first-order chi connectivity index (χ1) is 25.0. The maximum atomic E-state index is 13.8. The molecule has 0 spiro atoms. The third kappa shape index (κ3) is 8.92. The zero-order valence-electron chi connectivity index (χ0n) is 29.6. The van der Waals surface area contributed by atoms with Gasteiger partial charge in [0.05, 0.1) is 30.2 Å². The number of methoxy groups -OCH3 is 1. The van der Waals surface area contributed by atoms with Crippen molar-refractivity contribution in [3.8, 4) is 5.75 Å². The van der Waals surface area contributed by atoms with E-state index in [1.807, 2.05) is 66.7 Å². The third-order valence-corrected chi connectivity index (χ3v) is 13.8. The van der Waals surface area contributed by atoms with Crippen molar-refractivity contribution < 1.29 is 33.1 Å². The number of nitro benzene ring substituents is 1. The molecule has 2 atom stereocenters. The van der Waals surface area contributed by atoms with Gasteiger partial charge >= 0.3 is 12.1 Å². The third-order valence-electron chi connectivity index (χ3n) is 8.79. The highest BCUT2D eigenvalue weighted by molar-refractivity contribution is 6.99. The van der Waals surface area contributed by atoms with Crippen molar-refractivity contribution >= 4 is 36.4 Å². The Kier molecular flexibility index (Phi) is 12.2. The number of carbonyl (C=O) groups excluding carboxylic acids is 2. The maximum absolute atomic E-state index is 13.8. The van der Waals surface area contributed by atoms with E-state index in [9.17, 15) is 19.7 Å².